The molecule has 0 aliphatic heterocycles. The molecule has 0 fully saturated rings. The second kappa shape index (κ2) is 8.00. The van der Waals surface area contributed by atoms with Gasteiger partial charge in [0.25, 0.3) is 5.69 Å². The molecule has 0 aliphatic carbocycles. The largest absolute Gasteiger partial charge is 0.495 e. The SMILES string of the molecule is COc1ccccc1Nc1nc(Nc2ccc([N+](=O)[O-])cc2)ncc1C(F)(F)F. The third-order valence-electron chi connectivity index (χ3n) is 3.79. The molecule has 0 saturated heterocycles. The number of non-ortho nitro benzene ring substituents is 1. The number of nitrogens with one attached hydrogen (secondary N) is 2. The van der Waals surface area contributed by atoms with Crippen molar-refractivity contribution >= 4 is 28.8 Å². The number of aromatic nitrogens is 2. The summed E-state index contributed by atoms with van der Waals surface area (Å²) in [7, 11) is 1.40. The summed E-state index contributed by atoms with van der Waals surface area (Å²) >= 11 is 0. The molecule has 1 aromatic heterocycles. The Hall–Kier alpha value is -3.89. The molecule has 0 saturated carbocycles. The maximum atomic E-state index is 13.4. The summed E-state index contributed by atoms with van der Waals surface area (Å²) in [4.78, 5) is 17.8. The summed E-state index contributed by atoms with van der Waals surface area (Å²) in [6, 6.07) is 11.7. The smallest absolute Gasteiger partial charge is 0.421 e. The second-order valence-corrected chi connectivity index (χ2v) is 5.71. The molecule has 150 valence electrons. The zero-order valence-electron chi connectivity index (χ0n) is 14.9. The summed E-state index contributed by atoms with van der Waals surface area (Å²) in [5, 5.41) is 16.1. The van der Waals surface area contributed by atoms with Crippen LogP contribution in [-0.2, 0) is 6.18 Å². The highest BCUT2D eigenvalue weighted by atomic mass is 19.4. The van der Waals surface area contributed by atoms with Crippen LogP contribution < -0.4 is 15.4 Å². The minimum atomic E-state index is -4.68. The average molecular weight is 405 g/mol. The summed E-state index contributed by atoms with van der Waals surface area (Å²) in [5.41, 5.74) is -0.515. The fourth-order valence-corrected chi connectivity index (χ4v) is 2.42. The Balaban J connectivity index is 1.94. The Morgan fingerprint density at radius 2 is 1.76 bits per heavy atom. The van der Waals surface area contributed by atoms with Crippen molar-refractivity contribution < 1.29 is 22.8 Å². The lowest BCUT2D eigenvalue weighted by Crippen LogP contribution is -2.13. The van der Waals surface area contributed by atoms with E-state index in [0.29, 0.717) is 23.3 Å². The van der Waals surface area contributed by atoms with E-state index >= 15 is 0 Å². The molecule has 0 amide bonds. The van der Waals surface area contributed by atoms with Crippen molar-refractivity contribution in [1.82, 2.24) is 9.97 Å². The third-order valence-corrected chi connectivity index (χ3v) is 3.79. The summed E-state index contributed by atoms with van der Waals surface area (Å²) in [5.74, 6) is -0.255. The van der Waals surface area contributed by atoms with Crippen molar-refractivity contribution in [2.45, 2.75) is 6.18 Å². The summed E-state index contributed by atoms with van der Waals surface area (Å²) in [6.07, 6.45) is -4.03. The number of halogens is 3. The molecule has 0 radical (unpaired) electrons. The van der Waals surface area contributed by atoms with E-state index in [1.165, 1.54) is 31.4 Å². The molecule has 0 aliphatic rings. The number of hydrogen-bond acceptors (Lipinski definition) is 7. The van der Waals surface area contributed by atoms with Crippen LogP contribution >= 0.6 is 0 Å². The van der Waals surface area contributed by atoms with Gasteiger partial charge in [-0.2, -0.15) is 18.2 Å². The van der Waals surface area contributed by atoms with Gasteiger partial charge in [0.1, 0.15) is 17.1 Å². The number of ether oxygens (including phenoxy) is 1. The van der Waals surface area contributed by atoms with Gasteiger partial charge in [-0.05, 0) is 24.3 Å². The van der Waals surface area contributed by atoms with Crippen molar-refractivity contribution in [2.24, 2.45) is 0 Å². The lowest BCUT2D eigenvalue weighted by atomic mass is 10.2. The number of hydrogen-bond donors (Lipinski definition) is 2. The molecule has 3 rings (SSSR count). The van der Waals surface area contributed by atoms with Gasteiger partial charge in [-0.25, -0.2) is 4.98 Å². The van der Waals surface area contributed by atoms with Crippen molar-refractivity contribution in [2.75, 3.05) is 17.7 Å². The van der Waals surface area contributed by atoms with Crippen LogP contribution in [-0.4, -0.2) is 22.0 Å². The molecule has 2 aromatic carbocycles. The Morgan fingerprint density at radius 3 is 2.38 bits per heavy atom. The maximum Gasteiger partial charge on any atom is 0.421 e. The van der Waals surface area contributed by atoms with E-state index in [0.717, 1.165) is 0 Å². The Labute approximate surface area is 162 Å². The number of anilines is 4. The van der Waals surface area contributed by atoms with Gasteiger partial charge in [0.15, 0.2) is 0 Å². The van der Waals surface area contributed by atoms with E-state index in [2.05, 4.69) is 20.6 Å². The average Bonchev–Trinajstić information content (AvgIpc) is 2.68. The van der Waals surface area contributed by atoms with Gasteiger partial charge >= 0.3 is 6.18 Å². The van der Waals surface area contributed by atoms with Crippen molar-refractivity contribution in [3.05, 3.63) is 70.4 Å². The fourth-order valence-electron chi connectivity index (χ4n) is 2.42. The van der Waals surface area contributed by atoms with E-state index in [4.69, 9.17) is 4.74 Å². The van der Waals surface area contributed by atoms with Crippen LogP contribution in [0.1, 0.15) is 5.56 Å². The van der Waals surface area contributed by atoms with Crippen LogP contribution in [0.15, 0.2) is 54.7 Å². The van der Waals surface area contributed by atoms with Gasteiger partial charge in [0.2, 0.25) is 5.95 Å². The van der Waals surface area contributed by atoms with Gasteiger partial charge in [0.05, 0.1) is 17.7 Å². The highest BCUT2D eigenvalue weighted by Crippen LogP contribution is 2.37. The molecule has 0 bridgehead atoms. The van der Waals surface area contributed by atoms with Crippen molar-refractivity contribution in [1.29, 1.82) is 0 Å². The number of methoxy groups -OCH3 is 1. The minimum Gasteiger partial charge on any atom is -0.495 e. The number of nitro groups is 1. The fraction of sp³-hybridized carbons (Fsp3) is 0.111. The van der Waals surface area contributed by atoms with Gasteiger partial charge in [-0.15, -0.1) is 0 Å². The molecule has 11 heteroatoms. The highest BCUT2D eigenvalue weighted by Gasteiger charge is 2.35. The Morgan fingerprint density at radius 1 is 1.07 bits per heavy atom. The predicted octanol–water partition coefficient (Wildman–Crippen LogP) is 4.90. The first-order valence-electron chi connectivity index (χ1n) is 8.13. The van der Waals surface area contributed by atoms with Gasteiger partial charge < -0.3 is 15.4 Å². The molecule has 0 unspecified atom stereocenters. The molecule has 1 heterocycles. The van der Waals surface area contributed by atoms with E-state index in [9.17, 15) is 23.3 Å². The number of nitrogens with zero attached hydrogens (tertiary/aromatic N) is 3. The molecule has 0 spiro atoms. The molecule has 0 atom stereocenters. The van der Waals surface area contributed by atoms with Crippen LogP contribution in [0.5, 0.6) is 5.75 Å². The lowest BCUT2D eigenvalue weighted by Gasteiger charge is -2.16. The minimum absolute atomic E-state index is 0.121. The van der Waals surface area contributed by atoms with E-state index in [1.807, 2.05) is 0 Å². The topological polar surface area (TPSA) is 102 Å². The number of para-hydroxylation sites is 2. The predicted molar refractivity (Wildman–Crippen MR) is 99.7 cm³/mol. The highest BCUT2D eigenvalue weighted by molar-refractivity contribution is 5.67. The number of alkyl halides is 3. The van der Waals surface area contributed by atoms with Crippen molar-refractivity contribution in [3.8, 4) is 5.75 Å². The van der Waals surface area contributed by atoms with E-state index in [1.54, 1.807) is 24.3 Å². The molecular weight excluding hydrogens is 391 g/mol. The normalized spacial score (nSPS) is 11.0. The molecule has 8 nitrogen and oxygen atoms in total. The zero-order valence-corrected chi connectivity index (χ0v) is 14.9. The van der Waals surface area contributed by atoms with Gasteiger partial charge in [-0.3, -0.25) is 10.1 Å². The zero-order chi connectivity index (χ0) is 21.0. The maximum absolute atomic E-state index is 13.4. The molecule has 29 heavy (non-hydrogen) atoms. The van der Waals surface area contributed by atoms with E-state index < -0.39 is 22.5 Å². The van der Waals surface area contributed by atoms with Crippen LogP contribution in [0.2, 0.25) is 0 Å². The monoisotopic (exact) mass is 405 g/mol. The van der Waals surface area contributed by atoms with Crippen LogP contribution in [0.4, 0.5) is 42.0 Å². The molecule has 3 aromatic rings. The Kier molecular flexibility index (Phi) is 5.48. The first-order valence-corrected chi connectivity index (χ1v) is 8.13. The second-order valence-electron chi connectivity index (χ2n) is 5.71. The van der Waals surface area contributed by atoms with Crippen LogP contribution in [0.25, 0.3) is 0 Å². The number of rotatable bonds is 6. The summed E-state index contributed by atoms with van der Waals surface area (Å²) < 4.78 is 45.3. The quantitative estimate of drug-likeness (QED) is 0.444. The standard InChI is InChI=1S/C18H14F3N5O3/c1-29-15-5-3-2-4-14(15)24-16-13(18(19,20)21)10-22-17(25-16)23-11-6-8-12(9-7-11)26(27)28/h2-10H,1H3,(H2,22,23,24,25). The van der Waals surface area contributed by atoms with Gasteiger partial charge in [-0.1, -0.05) is 12.1 Å². The first kappa shape index (κ1) is 19.9. The van der Waals surface area contributed by atoms with Crippen LogP contribution in [0, 0.1) is 10.1 Å². The van der Waals surface area contributed by atoms with Crippen LogP contribution in [0.3, 0.4) is 0 Å². The number of nitro benzene ring substituents is 1. The van der Waals surface area contributed by atoms with Gasteiger partial charge in [0, 0.05) is 24.0 Å². The number of benzene rings is 2. The molecular formula is C18H14F3N5O3. The van der Waals surface area contributed by atoms with E-state index in [-0.39, 0.29) is 11.6 Å². The summed E-state index contributed by atoms with van der Waals surface area (Å²) in [6.45, 7) is 0. The first-order chi connectivity index (χ1) is 13.8. The Bertz CT molecular complexity index is 1030. The third kappa shape index (κ3) is 4.69. The lowest BCUT2D eigenvalue weighted by molar-refractivity contribution is -0.384. The van der Waals surface area contributed by atoms with Crippen molar-refractivity contribution in [3.63, 3.8) is 0 Å². The molecule has 2 N–H and O–H groups in total.